The molecule has 0 bridgehead atoms. The highest BCUT2D eigenvalue weighted by Gasteiger charge is 2.43. The van der Waals surface area contributed by atoms with Crippen LogP contribution in [0.5, 0.6) is 0 Å². The molecule has 0 aromatic rings. The molecule has 2 atom stereocenters. The molecule has 6 nitrogen and oxygen atoms in total. The number of fused-ring (bicyclic) bond motifs is 1. The van der Waals surface area contributed by atoms with E-state index >= 15 is 0 Å². The minimum Gasteiger partial charge on any atom is -0.481 e. The highest BCUT2D eigenvalue weighted by molar-refractivity contribution is 5.79. The van der Waals surface area contributed by atoms with Gasteiger partial charge in [0.05, 0.1) is 5.41 Å². The smallest absolute Gasteiger partial charge is 0.320 e. The molecule has 3 aliphatic rings. The van der Waals surface area contributed by atoms with Crippen molar-refractivity contribution in [1.82, 2.24) is 14.7 Å². The average molecular weight is 295 g/mol. The number of amides is 2. The number of piperidine rings is 1. The molecule has 2 amide bonds. The van der Waals surface area contributed by atoms with Crippen molar-refractivity contribution in [3.05, 3.63) is 0 Å². The van der Waals surface area contributed by atoms with Crippen molar-refractivity contribution in [2.75, 3.05) is 39.3 Å². The van der Waals surface area contributed by atoms with E-state index < -0.39 is 11.4 Å². The van der Waals surface area contributed by atoms with Crippen LogP contribution in [-0.2, 0) is 4.79 Å². The van der Waals surface area contributed by atoms with Crippen molar-refractivity contribution in [2.45, 2.75) is 38.6 Å². The Bertz CT molecular complexity index is 442. The van der Waals surface area contributed by atoms with Gasteiger partial charge >= 0.3 is 12.0 Å². The highest BCUT2D eigenvalue weighted by Crippen LogP contribution is 2.31. The van der Waals surface area contributed by atoms with Gasteiger partial charge in [-0.1, -0.05) is 6.42 Å². The van der Waals surface area contributed by atoms with Crippen LogP contribution in [0.1, 0.15) is 32.6 Å². The maximum atomic E-state index is 12.6. The first-order valence-corrected chi connectivity index (χ1v) is 8.01. The molecule has 0 aliphatic carbocycles. The van der Waals surface area contributed by atoms with Crippen LogP contribution in [-0.4, -0.2) is 77.1 Å². The second kappa shape index (κ2) is 5.48. The van der Waals surface area contributed by atoms with Crippen LogP contribution in [0.3, 0.4) is 0 Å². The van der Waals surface area contributed by atoms with Gasteiger partial charge in [-0.05, 0) is 32.7 Å². The Kier molecular flexibility index (Phi) is 3.82. The first-order chi connectivity index (χ1) is 9.99. The molecule has 0 aromatic heterocycles. The Morgan fingerprint density at radius 1 is 1.10 bits per heavy atom. The Balaban J connectivity index is 1.60. The predicted octanol–water partition coefficient (Wildman–Crippen LogP) is 1.07. The molecular formula is C15H25N3O3. The minimum absolute atomic E-state index is 0.0326. The van der Waals surface area contributed by atoms with Gasteiger partial charge in [0, 0.05) is 38.8 Å². The van der Waals surface area contributed by atoms with E-state index in [0.29, 0.717) is 25.6 Å². The van der Waals surface area contributed by atoms with Crippen LogP contribution in [0.4, 0.5) is 4.79 Å². The van der Waals surface area contributed by atoms with Crippen molar-refractivity contribution >= 4 is 12.0 Å². The topological polar surface area (TPSA) is 64.1 Å². The van der Waals surface area contributed by atoms with Crippen LogP contribution >= 0.6 is 0 Å². The van der Waals surface area contributed by atoms with Gasteiger partial charge in [-0.15, -0.1) is 0 Å². The van der Waals surface area contributed by atoms with E-state index in [2.05, 4.69) is 4.90 Å². The lowest BCUT2D eigenvalue weighted by Gasteiger charge is -2.44. The molecule has 0 radical (unpaired) electrons. The lowest BCUT2D eigenvalue weighted by Crippen LogP contribution is -2.58. The van der Waals surface area contributed by atoms with E-state index in [1.807, 2.05) is 4.90 Å². The van der Waals surface area contributed by atoms with Crippen LogP contribution in [0.15, 0.2) is 0 Å². The number of likely N-dealkylation sites (tertiary alicyclic amines) is 1. The van der Waals surface area contributed by atoms with Gasteiger partial charge in [0.1, 0.15) is 0 Å². The van der Waals surface area contributed by atoms with E-state index in [4.69, 9.17) is 0 Å². The van der Waals surface area contributed by atoms with Crippen LogP contribution in [0.2, 0.25) is 0 Å². The summed E-state index contributed by atoms with van der Waals surface area (Å²) >= 11 is 0. The number of carboxylic acids is 1. The van der Waals surface area contributed by atoms with Crippen molar-refractivity contribution in [3.63, 3.8) is 0 Å². The number of hydrogen-bond donors (Lipinski definition) is 1. The van der Waals surface area contributed by atoms with Gasteiger partial charge in [-0.3, -0.25) is 9.69 Å². The first kappa shape index (κ1) is 14.6. The third-order valence-corrected chi connectivity index (χ3v) is 5.37. The van der Waals surface area contributed by atoms with Crippen molar-refractivity contribution in [3.8, 4) is 0 Å². The molecule has 3 heterocycles. The molecule has 3 fully saturated rings. The van der Waals surface area contributed by atoms with Gasteiger partial charge < -0.3 is 14.9 Å². The fourth-order valence-electron chi connectivity index (χ4n) is 3.83. The summed E-state index contributed by atoms with van der Waals surface area (Å²) in [6, 6.07) is 0.537. The van der Waals surface area contributed by atoms with E-state index in [-0.39, 0.29) is 6.03 Å². The zero-order valence-electron chi connectivity index (χ0n) is 12.8. The molecule has 3 rings (SSSR count). The number of carbonyl (C=O) groups is 2. The molecule has 0 saturated carbocycles. The summed E-state index contributed by atoms with van der Waals surface area (Å²) in [6.45, 7) is 6.34. The van der Waals surface area contributed by atoms with E-state index in [9.17, 15) is 14.7 Å². The maximum Gasteiger partial charge on any atom is 0.320 e. The molecule has 118 valence electrons. The predicted molar refractivity (Wildman–Crippen MR) is 78.1 cm³/mol. The second-order valence-electron chi connectivity index (χ2n) is 6.95. The first-order valence-electron chi connectivity index (χ1n) is 8.01. The lowest BCUT2D eigenvalue weighted by atomic mass is 9.90. The van der Waals surface area contributed by atoms with Gasteiger partial charge in [-0.25, -0.2) is 4.79 Å². The van der Waals surface area contributed by atoms with Gasteiger partial charge in [-0.2, -0.15) is 0 Å². The Hall–Kier alpha value is -1.30. The molecular weight excluding hydrogens is 270 g/mol. The monoisotopic (exact) mass is 295 g/mol. The number of rotatable bonds is 1. The lowest BCUT2D eigenvalue weighted by molar-refractivity contribution is -0.147. The maximum absolute atomic E-state index is 12.6. The Labute approximate surface area is 125 Å². The van der Waals surface area contributed by atoms with E-state index in [0.717, 1.165) is 26.2 Å². The van der Waals surface area contributed by atoms with Gasteiger partial charge in [0.15, 0.2) is 0 Å². The van der Waals surface area contributed by atoms with E-state index in [1.54, 1.807) is 11.8 Å². The number of hydrogen-bond acceptors (Lipinski definition) is 3. The number of urea groups is 1. The van der Waals surface area contributed by atoms with Gasteiger partial charge in [0.2, 0.25) is 0 Å². The zero-order valence-corrected chi connectivity index (χ0v) is 12.8. The van der Waals surface area contributed by atoms with E-state index in [1.165, 1.54) is 19.3 Å². The normalized spacial score (nSPS) is 33.9. The third-order valence-electron chi connectivity index (χ3n) is 5.37. The Morgan fingerprint density at radius 3 is 2.62 bits per heavy atom. The number of carbonyl (C=O) groups excluding carboxylic acids is 1. The fraction of sp³-hybridized carbons (Fsp3) is 0.867. The molecule has 0 spiro atoms. The standard InChI is InChI=1S/C15H25N3O3/c1-15(13(19)20)5-7-18(11-15)14(21)17-9-8-16-6-3-2-4-12(16)10-17/h12H,2-11H2,1H3,(H,19,20). The summed E-state index contributed by atoms with van der Waals surface area (Å²) in [5, 5.41) is 9.28. The number of carboxylic acid groups (broad SMARTS) is 1. The van der Waals surface area contributed by atoms with Crippen LogP contribution < -0.4 is 0 Å². The zero-order chi connectivity index (χ0) is 15.0. The molecule has 1 N–H and O–H groups in total. The van der Waals surface area contributed by atoms with Crippen molar-refractivity contribution < 1.29 is 14.7 Å². The SMILES string of the molecule is CC1(C(=O)O)CCN(C(=O)N2CCN3CCCCC3C2)C1. The average Bonchev–Trinajstić information content (AvgIpc) is 2.90. The summed E-state index contributed by atoms with van der Waals surface area (Å²) in [5.41, 5.74) is -0.775. The largest absolute Gasteiger partial charge is 0.481 e. The second-order valence-corrected chi connectivity index (χ2v) is 6.95. The summed E-state index contributed by atoms with van der Waals surface area (Å²) in [4.78, 5) is 30.1. The minimum atomic E-state index is -0.796. The third kappa shape index (κ3) is 2.73. The quantitative estimate of drug-likeness (QED) is 0.786. The Morgan fingerprint density at radius 2 is 1.90 bits per heavy atom. The molecule has 6 heteroatoms. The van der Waals surface area contributed by atoms with Crippen LogP contribution in [0, 0.1) is 5.41 Å². The molecule has 3 aliphatic heterocycles. The van der Waals surface area contributed by atoms with Crippen molar-refractivity contribution in [2.24, 2.45) is 5.41 Å². The summed E-state index contributed by atoms with van der Waals surface area (Å²) in [5.74, 6) is -0.796. The van der Waals surface area contributed by atoms with Gasteiger partial charge in [0.25, 0.3) is 0 Å². The fourth-order valence-corrected chi connectivity index (χ4v) is 3.83. The summed E-state index contributed by atoms with van der Waals surface area (Å²) in [6.07, 6.45) is 4.26. The molecule has 3 saturated heterocycles. The number of aliphatic carboxylic acids is 1. The number of nitrogens with zero attached hydrogens (tertiary/aromatic N) is 3. The molecule has 0 aromatic carbocycles. The molecule has 2 unspecified atom stereocenters. The summed E-state index contributed by atoms with van der Waals surface area (Å²) in [7, 11) is 0. The van der Waals surface area contributed by atoms with Crippen molar-refractivity contribution in [1.29, 1.82) is 0 Å². The summed E-state index contributed by atoms with van der Waals surface area (Å²) < 4.78 is 0. The van der Waals surface area contributed by atoms with Crippen LogP contribution in [0.25, 0.3) is 0 Å². The molecule has 21 heavy (non-hydrogen) atoms. The highest BCUT2D eigenvalue weighted by atomic mass is 16.4. The number of piperazine rings is 1.